The summed E-state index contributed by atoms with van der Waals surface area (Å²) in [5.74, 6) is -0.439. The number of hydrogen-bond acceptors (Lipinski definition) is 7. The molecule has 0 atom stereocenters. The van der Waals surface area contributed by atoms with Gasteiger partial charge in [0.15, 0.2) is 11.6 Å². The number of carboxylic acids is 1. The molecule has 0 bridgehead atoms. The van der Waals surface area contributed by atoms with E-state index in [1.54, 1.807) is 17.0 Å². The Kier molecular flexibility index (Phi) is 5.85. The van der Waals surface area contributed by atoms with Gasteiger partial charge in [0.2, 0.25) is 0 Å². The molecule has 2 N–H and O–H groups in total. The molecule has 0 unspecified atom stereocenters. The van der Waals surface area contributed by atoms with Crippen LogP contribution in [0.5, 0.6) is 0 Å². The number of amides is 2. The molecule has 0 spiro atoms. The van der Waals surface area contributed by atoms with Gasteiger partial charge in [-0.05, 0) is 42.3 Å². The van der Waals surface area contributed by atoms with E-state index in [1.807, 2.05) is 23.9 Å². The van der Waals surface area contributed by atoms with Crippen molar-refractivity contribution >= 4 is 52.2 Å². The average Bonchev–Trinajstić information content (AvgIpc) is 3.56. The van der Waals surface area contributed by atoms with Crippen molar-refractivity contribution in [3.63, 3.8) is 0 Å². The van der Waals surface area contributed by atoms with E-state index in [0.717, 1.165) is 46.9 Å². The molecule has 0 saturated carbocycles. The topological polar surface area (TPSA) is 125 Å². The van der Waals surface area contributed by atoms with Crippen LogP contribution in [-0.2, 0) is 17.8 Å². The first kappa shape index (κ1) is 22.8. The van der Waals surface area contributed by atoms with Crippen molar-refractivity contribution < 1.29 is 24.3 Å². The molecule has 2 aliphatic rings. The van der Waals surface area contributed by atoms with E-state index in [9.17, 15) is 19.2 Å². The Morgan fingerprint density at radius 1 is 1.06 bits per heavy atom. The summed E-state index contributed by atoms with van der Waals surface area (Å²) in [5.41, 5.74) is 2.74. The van der Waals surface area contributed by atoms with Gasteiger partial charge >= 0.3 is 5.97 Å². The lowest BCUT2D eigenvalue weighted by Gasteiger charge is -2.26. The SMILES string of the molecule is CN1CCc2cc(N3CCn4nc(NC(=O)c5ccc(C(=O)CCC(=O)O)s5)cc43)ccc2C1=O. The molecule has 35 heavy (non-hydrogen) atoms. The largest absolute Gasteiger partial charge is 0.481 e. The normalized spacial score (nSPS) is 14.6. The fourth-order valence-corrected chi connectivity index (χ4v) is 5.18. The zero-order valence-corrected chi connectivity index (χ0v) is 19.8. The molecule has 2 aromatic heterocycles. The number of ketones is 1. The van der Waals surface area contributed by atoms with E-state index in [2.05, 4.69) is 21.4 Å². The van der Waals surface area contributed by atoms with Gasteiger partial charge in [-0.2, -0.15) is 5.10 Å². The summed E-state index contributed by atoms with van der Waals surface area (Å²) in [6.45, 7) is 2.08. The van der Waals surface area contributed by atoms with Crippen molar-refractivity contribution in [2.75, 3.05) is 30.4 Å². The van der Waals surface area contributed by atoms with Gasteiger partial charge < -0.3 is 20.2 Å². The van der Waals surface area contributed by atoms with Gasteiger partial charge in [0.25, 0.3) is 11.8 Å². The summed E-state index contributed by atoms with van der Waals surface area (Å²) in [6.07, 6.45) is 0.460. The Bertz CT molecular complexity index is 1360. The Morgan fingerprint density at radius 3 is 2.66 bits per heavy atom. The number of Topliss-reactive ketones (excluding diaryl/α,β-unsaturated/α-hetero) is 1. The lowest BCUT2D eigenvalue weighted by Crippen LogP contribution is -2.34. The number of anilines is 3. The summed E-state index contributed by atoms with van der Waals surface area (Å²) < 4.78 is 1.82. The van der Waals surface area contributed by atoms with Gasteiger partial charge in [-0.1, -0.05) is 0 Å². The molecule has 0 aliphatic carbocycles. The maximum absolute atomic E-state index is 12.7. The molecular formula is C24H23N5O5S. The number of benzene rings is 1. The number of rotatable bonds is 7. The lowest BCUT2D eigenvalue weighted by atomic mass is 9.98. The summed E-state index contributed by atoms with van der Waals surface area (Å²) >= 11 is 1.03. The minimum atomic E-state index is -1.04. The van der Waals surface area contributed by atoms with Crippen LogP contribution in [-0.4, -0.2) is 63.5 Å². The Hall–Kier alpha value is -3.99. The highest BCUT2D eigenvalue weighted by molar-refractivity contribution is 7.16. The minimum absolute atomic E-state index is 0.0367. The van der Waals surface area contributed by atoms with Crippen LogP contribution in [0.15, 0.2) is 36.4 Å². The number of thiophene rings is 1. The van der Waals surface area contributed by atoms with Crippen LogP contribution in [0.2, 0.25) is 0 Å². The first-order valence-corrected chi connectivity index (χ1v) is 12.0. The van der Waals surface area contributed by atoms with E-state index >= 15 is 0 Å². The second-order valence-electron chi connectivity index (χ2n) is 8.52. The highest BCUT2D eigenvalue weighted by Gasteiger charge is 2.27. The second-order valence-corrected chi connectivity index (χ2v) is 9.60. The molecular weight excluding hydrogens is 470 g/mol. The van der Waals surface area contributed by atoms with Gasteiger partial charge in [-0.15, -0.1) is 11.3 Å². The van der Waals surface area contributed by atoms with Crippen LogP contribution >= 0.6 is 11.3 Å². The fourth-order valence-electron chi connectivity index (χ4n) is 4.31. The number of nitrogens with one attached hydrogen (secondary N) is 1. The van der Waals surface area contributed by atoms with E-state index in [0.29, 0.717) is 28.7 Å². The van der Waals surface area contributed by atoms with Gasteiger partial charge in [-0.3, -0.25) is 19.2 Å². The Balaban J connectivity index is 1.29. The molecule has 0 saturated heterocycles. The molecule has 2 amide bonds. The van der Waals surface area contributed by atoms with Crippen molar-refractivity contribution in [1.82, 2.24) is 14.7 Å². The fraction of sp³-hybridized carbons (Fsp3) is 0.292. The molecule has 180 valence electrons. The van der Waals surface area contributed by atoms with Crippen LogP contribution in [0.1, 0.15) is 48.1 Å². The number of aromatic nitrogens is 2. The summed E-state index contributed by atoms with van der Waals surface area (Å²) in [5, 5.41) is 16.0. The highest BCUT2D eigenvalue weighted by Crippen LogP contribution is 2.34. The van der Waals surface area contributed by atoms with Crippen LogP contribution < -0.4 is 10.2 Å². The van der Waals surface area contributed by atoms with Crippen LogP contribution in [0.25, 0.3) is 0 Å². The van der Waals surface area contributed by atoms with Crippen molar-refractivity contribution in [2.45, 2.75) is 25.8 Å². The molecule has 2 aliphatic heterocycles. The van der Waals surface area contributed by atoms with E-state index < -0.39 is 5.97 Å². The highest BCUT2D eigenvalue weighted by atomic mass is 32.1. The Morgan fingerprint density at radius 2 is 1.86 bits per heavy atom. The zero-order valence-electron chi connectivity index (χ0n) is 19.0. The maximum Gasteiger partial charge on any atom is 0.303 e. The summed E-state index contributed by atoms with van der Waals surface area (Å²) in [7, 11) is 1.81. The molecule has 0 radical (unpaired) electrons. The number of carboxylic acid groups (broad SMARTS) is 1. The zero-order chi connectivity index (χ0) is 24.7. The minimum Gasteiger partial charge on any atom is -0.481 e. The average molecular weight is 494 g/mol. The molecule has 3 aromatic rings. The van der Waals surface area contributed by atoms with E-state index in [4.69, 9.17) is 5.11 Å². The smallest absolute Gasteiger partial charge is 0.303 e. The Labute approximate surface area is 204 Å². The third-order valence-corrected chi connectivity index (χ3v) is 7.30. The third-order valence-electron chi connectivity index (χ3n) is 6.18. The van der Waals surface area contributed by atoms with Gasteiger partial charge in [-0.25, -0.2) is 4.68 Å². The van der Waals surface area contributed by atoms with Crippen molar-refractivity contribution in [1.29, 1.82) is 0 Å². The predicted octanol–water partition coefficient (Wildman–Crippen LogP) is 3.02. The number of carbonyl (C=O) groups is 4. The molecule has 4 heterocycles. The second kappa shape index (κ2) is 8.99. The molecule has 11 heteroatoms. The van der Waals surface area contributed by atoms with Gasteiger partial charge in [0.1, 0.15) is 5.82 Å². The number of hydrogen-bond donors (Lipinski definition) is 2. The number of aliphatic carboxylic acids is 1. The quantitative estimate of drug-likeness (QED) is 0.485. The molecule has 1 aromatic carbocycles. The van der Waals surface area contributed by atoms with Crippen molar-refractivity contribution in [2.24, 2.45) is 0 Å². The van der Waals surface area contributed by atoms with Crippen LogP contribution in [0.3, 0.4) is 0 Å². The number of likely N-dealkylation sites (N-methyl/N-ethyl adjacent to an activating group) is 1. The third kappa shape index (κ3) is 4.42. The lowest BCUT2D eigenvalue weighted by molar-refractivity contribution is -0.136. The van der Waals surface area contributed by atoms with Crippen LogP contribution in [0, 0.1) is 0 Å². The number of carbonyl (C=O) groups excluding carboxylic acids is 3. The monoisotopic (exact) mass is 493 g/mol. The summed E-state index contributed by atoms with van der Waals surface area (Å²) in [4.78, 5) is 52.4. The predicted molar refractivity (Wildman–Crippen MR) is 130 cm³/mol. The number of nitrogens with zero attached hydrogens (tertiary/aromatic N) is 4. The number of fused-ring (bicyclic) bond motifs is 2. The molecule has 10 nitrogen and oxygen atoms in total. The molecule has 5 rings (SSSR count). The van der Waals surface area contributed by atoms with Gasteiger partial charge in [0.05, 0.1) is 22.7 Å². The van der Waals surface area contributed by atoms with E-state index in [1.165, 1.54) is 6.07 Å². The molecule has 0 fully saturated rings. The van der Waals surface area contributed by atoms with E-state index in [-0.39, 0.29) is 30.4 Å². The van der Waals surface area contributed by atoms with Crippen molar-refractivity contribution in [3.8, 4) is 0 Å². The van der Waals surface area contributed by atoms with Crippen molar-refractivity contribution in [3.05, 3.63) is 57.3 Å². The standard InChI is InChI=1S/C24H23N5O5S/c1-27-9-8-14-12-15(2-3-16(14)24(27)34)28-10-11-29-21(28)13-20(26-29)25-23(33)19-6-5-18(35-19)17(30)4-7-22(31)32/h2-3,5-6,12-13H,4,7-11H2,1H3,(H,31,32)(H,25,26,33). The first-order valence-electron chi connectivity index (χ1n) is 11.2. The first-order chi connectivity index (χ1) is 16.8. The van der Waals surface area contributed by atoms with Crippen LogP contribution in [0.4, 0.5) is 17.3 Å². The maximum atomic E-state index is 12.7. The van der Waals surface area contributed by atoms with Gasteiger partial charge in [0, 0.05) is 43.9 Å². The summed E-state index contributed by atoms with van der Waals surface area (Å²) in [6, 6.07) is 10.8.